The van der Waals surface area contributed by atoms with Crippen molar-refractivity contribution in [1.82, 2.24) is 20.5 Å². The fraction of sp³-hybridized carbons (Fsp3) is 0.500. The fourth-order valence-corrected chi connectivity index (χ4v) is 1.03. The number of nitrogens with one attached hydrogen (secondary N) is 2. The van der Waals surface area contributed by atoms with Gasteiger partial charge in [-0.2, -0.15) is 5.10 Å². The Bertz CT molecular complexity index is 323. The van der Waals surface area contributed by atoms with Crippen LogP contribution in [0.3, 0.4) is 0 Å². The third-order valence-electron chi connectivity index (χ3n) is 1.69. The molecule has 1 rings (SSSR count). The summed E-state index contributed by atoms with van der Waals surface area (Å²) in [6.45, 7) is 0.437. The number of carbonyl (C=O) groups excluding carboxylic acids is 1. The molecule has 82 valence electrons. The molecule has 0 fully saturated rings. The van der Waals surface area contributed by atoms with Gasteiger partial charge in [0.15, 0.2) is 0 Å². The molecule has 0 atom stereocenters. The standard InChI is InChI=1S/C8H12N4O3/c13-7(4-8(14)15)9-3-1-2-6-10-5-11-12-6/h5H,1-4H2,(H,9,13)(H,14,15)(H,10,11,12). The Kier molecular flexibility index (Phi) is 4.27. The van der Waals surface area contributed by atoms with Crippen molar-refractivity contribution in [2.24, 2.45) is 0 Å². The van der Waals surface area contributed by atoms with Crippen LogP contribution in [-0.2, 0) is 16.0 Å². The predicted octanol–water partition coefficient (Wildman–Crippen LogP) is -0.672. The summed E-state index contributed by atoms with van der Waals surface area (Å²) in [5, 5.41) is 17.2. The molecule has 1 aromatic heterocycles. The summed E-state index contributed by atoms with van der Waals surface area (Å²) in [7, 11) is 0. The number of aromatic nitrogens is 3. The van der Waals surface area contributed by atoms with Gasteiger partial charge in [-0.25, -0.2) is 4.98 Å². The molecule has 15 heavy (non-hydrogen) atoms. The molecule has 7 nitrogen and oxygen atoms in total. The monoisotopic (exact) mass is 212 g/mol. The summed E-state index contributed by atoms with van der Waals surface area (Å²) in [5.41, 5.74) is 0. The van der Waals surface area contributed by atoms with Gasteiger partial charge in [0, 0.05) is 13.0 Å². The average molecular weight is 212 g/mol. The lowest BCUT2D eigenvalue weighted by Crippen LogP contribution is -2.26. The van der Waals surface area contributed by atoms with Crippen LogP contribution in [0.1, 0.15) is 18.7 Å². The smallest absolute Gasteiger partial charge is 0.312 e. The number of aryl methyl sites for hydroxylation is 1. The van der Waals surface area contributed by atoms with E-state index in [1.54, 1.807) is 0 Å². The van der Waals surface area contributed by atoms with Gasteiger partial charge in [0.2, 0.25) is 5.91 Å². The quantitative estimate of drug-likeness (QED) is 0.428. The summed E-state index contributed by atoms with van der Waals surface area (Å²) in [6.07, 6.45) is 2.30. The van der Waals surface area contributed by atoms with E-state index < -0.39 is 18.3 Å². The molecule has 0 aliphatic carbocycles. The van der Waals surface area contributed by atoms with Gasteiger partial charge in [-0.05, 0) is 6.42 Å². The molecule has 1 heterocycles. The topological polar surface area (TPSA) is 108 Å². The highest BCUT2D eigenvalue weighted by atomic mass is 16.4. The van der Waals surface area contributed by atoms with Crippen molar-refractivity contribution in [3.05, 3.63) is 12.2 Å². The molecule has 0 radical (unpaired) electrons. The van der Waals surface area contributed by atoms with Gasteiger partial charge in [-0.1, -0.05) is 0 Å². The molecule has 1 aromatic rings. The molecule has 0 unspecified atom stereocenters. The maximum atomic E-state index is 10.9. The van der Waals surface area contributed by atoms with Crippen LogP contribution in [0.4, 0.5) is 0 Å². The summed E-state index contributed by atoms with van der Waals surface area (Å²) < 4.78 is 0. The van der Waals surface area contributed by atoms with Crippen molar-refractivity contribution in [2.45, 2.75) is 19.3 Å². The Morgan fingerprint density at radius 3 is 2.93 bits per heavy atom. The number of aliphatic carboxylic acids is 1. The first-order valence-corrected chi connectivity index (χ1v) is 4.51. The Labute approximate surface area is 85.9 Å². The first kappa shape index (κ1) is 11.2. The van der Waals surface area contributed by atoms with E-state index in [0.29, 0.717) is 19.4 Å². The minimum Gasteiger partial charge on any atom is -0.481 e. The van der Waals surface area contributed by atoms with Crippen LogP contribution in [0.25, 0.3) is 0 Å². The molecule has 0 saturated carbocycles. The second-order valence-corrected chi connectivity index (χ2v) is 2.96. The third-order valence-corrected chi connectivity index (χ3v) is 1.69. The molecule has 0 aliphatic heterocycles. The highest BCUT2D eigenvalue weighted by Crippen LogP contribution is 1.91. The second-order valence-electron chi connectivity index (χ2n) is 2.96. The van der Waals surface area contributed by atoms with E-state index >= 15 is 0 Å². The van der Waals surface area contributed by atoms with Crippen LogP contribution in [0.2, 0.25) is 0 Å². The van der Waals surface area contributed by atoms with E-state index in [2.05, 4.69) is 20.5 Å². The van der Waals surface area contributed by atoms with Crippen LogP contribution in [0.5, 0.6) is 0 Å². The Hall–Kier alpha value is -1.92. The first-order chi connectivity index (χ1) is 7.18. The summed E-state index contributed by atoms with van der Waals surface area (Å²) in [5.74, 6) is -0.842. The lowest BCUT2D eigenvalue weighted by molar-refractivity contribution is -0.140. The molecular weight excluding hydrogens is 200 g/mol. The lowest BCUT2D eigenvalue weighted by Gasteiger charge is -2.01. The third kappa shape index (κ3) is 4.75. The molecule has 3 N–H and O–H groups in total. The van der Waals surface area contributed by atoms with Gasteiger partial charge in [0.05, 0.1) is 0 Å². The zero-order chi connectivity index (χ0) is 11.1. The van der Waals surface area contributed by atoms with Crippen LogP contribution in [0.15, 0.2) is 6.33 Å². The second kappa shape index (κ2) is 5.74. The van der Waals surface area contributed by atoms with E-state index in [-0.39, 0.29) is 0 Å². The van der Waals surface area contributed by atoms with Crippen LogP contribution in [-0.4, -0.2) is 38.7 Å². The van der Waals surface area contributed by atoms with E-state index in [1.165, 1.54) is 6.33 Å². The van der Waals surface area contributed by atoms with Gasteiger partial charge in [0.25, 0.3) is 0 Å². The van der Waals surface area contributed by atoms with Gasteiger partial charge in [0.1, 0.15) is 18.6 Å². The zero-order valence-corrected chi connectivity index (χ0v) is 8.06. The molecule has 0 saturated heterocycles. The predicted molar refractivity (Wildman–Crippen MR) is 50.0 cm³/mol. The highest BCUT2D eigenvalue weighted by Gasteiger charge is 2.05. The molecule has 0 aromatic carbocycles. The van der Waals surface area contributed by atoms with E-state index in [0.717, 1.165) is 5.82 Å². The van der Waals surface area contributed by atoms with Gasteiger partial charge < -0.3 is 10.4 Å². The first-order valence-electron chi connectivity index (χ1n) is 4.51. The van der Waals surface area contributed by atoms with E-state index in [1.807, 2.05) is 0 Å². The summed E-state index contributed by atoms with van der Waals surface area (Å²) >= 11 is 0. The van der Waals surface area contributed by atoms with Gasteiger partial charge >= 0.3 is 5.97 Å². The van der Waals surface area contributed by atoms with Crippen molar-refractivity contribution in [2.75, 3.05) is 6.54 Å². The van der Waals surface area contributed by atoms with Crippen LogP contribution >= 0.6 is 0 Å². The normalized spacial score (nSPS) is 9.87. The summed E-state index contributed by atoms with van der Waals surface area (Å²) in [4.78, 5) is 24.9. The molecule has 7 heteroatoms. The SMILES string of the molecule is O=C(O)CC(=O)NCCCc1ncn[nH]1. The zero-order valence-electron chi connectivity index (χ0n) is 8.06. The van der Waals surface area contributed by atoms with Crippen LogP contribution < -0.4 is 5.32 Å². The maximum absolute atomic E-state index is 10.9. The van der Waals surface area contributed by atoms with Gasteiger partial charge in [-0.15, -0.1) is 0 Å². The van der Waals surface area contributed by atoms with Crippen molar-refractivity contribution >= 4 is 11.9 Å². The number of carboxylic acids is 1. The lowest BCUT2D eigenvalue weighted by atomic mass is 10.3. The van der Waals surface area contributed by atoms with Crippen LogP contribution in [0, 0.1) is 0 Å². The van der Waals surface area contributed by atoms with E-state index in [4.69, 9.17) is 5.11 Å². The molecule has 1 amide bonds. The minimum atomic E-state index is -1.12. The van der Waals surface area contributed by atoms with Crippen molar-refractivity contribution in [3.63, 3.8) is 0 Å². The van der Waals surface area contributed by atoms with Crippen molar-refractivity contribution < 1.29 is 14.7 Å². The number of hydrogen-bond acceptors (Lipinski definition) is 4. The highest BCUT2D eigenvalue weighted by molar-refractivity contribution is 5.93. The number of carbonyl (C=O) groups is 2. The number of H-pyrrole nitrogens is 1. The Morgan fingerprint density at radius 1 is 1.53 bits per heavy atom. The molecule has 0 spiro atoms. The Morgan fingerprint density at radius 2 is 2.33 bits per heavy atom. The Balaban J connectivity index is 2.06. The minimum absolute atomic E-state index is 0.437. The van der Waals surface area contributed by atoms with Crippen molar-refractivity contribution in [1.29, 1.82) is 0 Å². The number of carboxylic acid groups (broad SMARTS) is 1. The number of nitrogens with zero attached hydrogens (tertiary/aromatic N) is 2. The average Bonchev–Trinajstić information content (AvgIpc) is 2.63. The largest absolute Gasteiger partial charge is 0.481 e. The number of aromatic amines is 1. The van der Waals surface area contributed by atoms with Gasteiger partial charge in [-0.3, -0.25) is 14.7 Å². The molecule has 0 bridgehead atoms. The number of hydrogen-bond donors (Lipinski definition) is 3. The summed E-state index contributed by atoms with van der Waals surface area (Å²) in [6, 6.07) is 0. The molecular formula is C8H12N4O3. The van der Waals surface area contributed by atoms with E-state index in [9.17, 15) is 9.59 Å². The fourth-order valence-electron chi connectivity index (χ4n) is 1.03. The van der Waals surface area contributed by atoms with Crippen molar-refractivity contribution in [3.8, 4) is 0 Å². The number of amides is 1. The number of rotatable bonds is 6. The maximum Gasteiger partial charge on any atom is 0.312 e. The molecule has 0 aliphatic rings.